The van der Waals surface area contributed by atoms with E-state index in [2.05, 4.69) is 16.1 Å². The van der Waals surface area contributed by atoms with Crippen molar-refractivity contribution in [3.63, 3.8) is 0 Å². The van der Waals surface area contributed by atoms with Crippen LogP contribution in [0.3, 0.4) is 0 Å². The van der Waals surface area contributed by atoms with Gasteiger partial charge in [-0.1, -0.05) is 0 Å². The lowest BCUT2D eigenvalue weighted by Gasteiger charge is -2.35. The van der Waals surface area contributed by atoms with Crippen molar-refractivity contribution in [3.8, 4) is 12.3 Å². The summed E-state index contributed by atoms with van der Waals surface area (Å²) in [6.07, 6.45) is 10.1. The third-order valence-electron chi connectivity index (χ3n) is 4.62. The summed E-state index contributed by atoms with van der Waals surface area (Å²) in [6.45, 7) is 2.69. The molecule has 1 amide bonds. The Morgan fingerprint density at radius 1 is 1.27 bits per heavy atom. The number of terminal acetylenes is 1. The molecule has 6 heteroatoms. The maximum Gasteiger partial charge on any atom is 0.222 e. The van der Waals surface area contributed by atoms with E-state index >= 15 is 0 Å². The van der Waals surface area contributed by atoms with E-state index in [1.54, 1.807) is 0 Å². The molecular weight excluding hydrogens is 282 g/mol. The second-order valence-corrected chi connectivity index (χ2v) is 6.19. The van der Waals surface area contributed by atoms with Crippen LogP contribution in [0.4, 0.5) is 0 Å². The number of amides is 1. The molecule has 6 nitrogen and oxygen atoms in total. The summed E-state index contributed by atoms with van der Waals surface area (Å²) in [5.74, 6) is 2.76. The minimum absolute atomic E-state index is 0.0194. The van der Waals surface area contributed by atoms with E-state index in [9.17, 15) is 4.79 Å². The Labute approximate surface area is 131 Å². The standard InChI is InChI=1S/C16H23N3O3/c1-2-3-7-16(17-18-16)8-6-15(20)19-9-11-22-14(12-19)13-5-4-10-21-13/h1,13-14H,3-12H2. The summed E-state index contributed by atoms with van der Waals surface area (Å²) < 4.78 is 11.5. The van der Waals surface area contributed by atoms with Crippen molar-refractivity contribution in [1.82, 2.24) is 4.90 Å². The molecule has 3 aliphatic heterocycles. The fourth-order valence-corrected chi connectivity index (χ4v) is 3.16. The minimum Gasteiger partial charge on any atom is -0.375 e. The first-order chi connectivity index (χ1) is 10.7. The van der Waals surface area contributed by atoms with Gasteiger partial charge in [-0.3, -0.25) is 4.79 Å². The first-order valence-electron chi connectivity index (χ1n) is 8.11. The molecule has 22 heavy (non-hydrogen) atoms. The maximum atomic E-state index is 12.4. The predicted molar refractivity (Wildman–Crippen MR) is 80.2 cm³/mol. The molecule has 3 aliphatic rings. The molecule has 0 N–H and O–H groups in total. The van der Waals surface area contributed by atoms with Crippen LogP contribution >= 0.6 is 0 Å². The molecule has 0 aromatic rings. The van der Waals surface area contributed by atoms with Crippen LogP contribution in [0.25, 0.3) is 0 Å². The number of morpholine rings is 1. The van der Waals surface area contributed by atoms with E-state index in [4.69, 9.17) is 15.9 Å². The summed E-state index contributed by atoms with van der Waals surface area (Å²) in [4.78, 5) is 14.3. The van der Waals surface area contributed by atoms with Crippen LogP contribution in [-0.4, -0.2) is 55.0 Å². The molecule has 2 fully saturated rings. The Hall–Kier alpha value is -1.45. The lowest BCUT2D eigenvalue weighted by Crippen LogP contribution is -2.49. The highest BCUT2D eigenvalue weighted by Gasteiger charge is 2.40. The normalized spacial score (nSPS) is 29.3. The van der Waals surface area contributed by atoms with Crippen molar-refractivity contribution in [1.29, 1.82) is 0 Å². The van der Waals surface area contributed by atoms with Gasteiger partial charge in [-0.25, -0.2) is 0 Å². The van der Waals surface area contributed by atoms with Gasteiger partial charge in [0.05, 0.1) is 12.7 Å². The van der Waals surface area contributed by atoms with Crippen molar-refractivity contribution in [2.24, 2.45) is 10.2 Å². The summed E-state index contributed by atoms with van der Waals surface area (Å²) in [5.41, 5.74) is -0.373. The third kappa shape index (κ3) is 3.65. The maximum absolute atomic E-state index is 12.4. The SMILES string of the molecule is C#CCCC1(CCC(=O)N2CCOC(C3CCCO3)C2)N=N1. The fraction of sp³-hybridized carbons (Fsp3) is 0.812. The van der Waals surface area contributed by atoms with E-state index in [1.165, 1.54) is 0 Å². The second-order valence-electron chi connectivity index (χ2n) is 6.19. The first kappa shape index (κ1) is 15.4. The van der Waals surface area contributed by atoms with Crippen LogP contribution in [0.5, 0.6) is 0 Å². The average Bonchev–Trinajstić information content (AvgIpc) is 3.10. The molecule has 3 rings (SSSR count). The molecule has 0 aromatic carbocycles. The zero-order valence-electron chi connectivity index (χ0n) is 12.9. The lowest BCUT2D eigenvalue weighted by molar-refractivity contribution is -0.145. The Morgan fingerprint density at radius 3 is 2.77 bits per heavy atom. The van der Waals surface area contributed by atoms with Gasteiger partial charge in [0, 0.05) is 45.4 Å². The Morgan fingerprint density at radius 2 is 2.09 bits per heavy atom. The van der Waals surface area contributed by atoms with Crippen molar-refractivity contribution < 1.29 is 14.3 Å². The highest BCUT2D eigenvalue weighted by atomic mass is 16.5. The van der Waals surface area contributed by atoms with Crippen molar-refractivity contribution in [2.45, 2.75) is 56.4 Å². The van der Waals surface area contributed by atoms with Gasteiger partial charge in [0.1, 0.15) is 6.10 Å². The van der Waals surface area contributed by atoms with E-state index in [-0.39, 0.29) is 23.8 Å². The van der Waals surface area contributed by atoms with Crippen LogP contribution in [0.1, 0.15) is 38.5 Å². The molecule has 0 aromatic heterocycles. The number of carbonyl (C=O) groups excluding carboxylic acids is 1. The number of nitrogens with zero attached hydrogens (tertiary/aromatic N) is 3. The minimum atomic E-state index is -0.373. The molecule has 0 aliphatic carbocycles. The molecule has 120 valence electrons. The van der Waals surface area contributed by atoms with Gasteiger partial charge in [0.25, 0.3) is 0 Å². The Balaban J connectivity index is 1.44. The largest absolute Gasteiger partial charge is 0.375 e. The number of ether oxygens (including phenoxy) is 2. The van der Waals surface area contributed by atoms with Crippen LogP contribution in [-0.2, 0) is 14.3 Å². The number of carbonyl (C=O) groups is 1. The van der Waals surface area contributed by atoms with E-state index in [0.29, 0.717) is 39.0 Å². The van der Waals surface area contributed by atoms with Crippen LogP contribution in [0.15, 0.2) is 10.2 Å². The van der Waals surface area contributed by atoms with Gasteiger partial charge in [-0.2, -0.15) is 10.2 Å². The van der Waals surface area contributed by atoms with E-state index < -0.39 is 0 Å². The van der Waals surface area contributed by atoms with Gasteiger partial charge >= 0.3 is 0 Å². The van der Waals surface area contributed by atoms with Crippen molar-refractivity contribution >= 4 is 5.91 Å². The molecule has 0 radical (unpaired) electrons. The molecule has 2 atom stereocenters. The van der Waals surface area contributed by atoms with Gasteiger partial charge in [0.2, 0.25) is 5.91 Å². The zero-order chi connectivity index (χ0) is 15.4. The smallest absolute Gasteiger partial charge is 0.222 e. The highest BCUT2D eigenvalue weighted by molar-refractivity contribution is 5.76. The van der Waals surface area contributed by atoms with Gasteiger partial charge in [-0.15, -0.1) is 12.3 Å². The number of rotatable bonds is 6. The molecular formula is C16H23N3O3. The molecule has 2 unspecified atom stereocenters. The summed E-state index contributed by atoms with van der Waals surface area (Å²) in [6, 6.07) is 0. The molecule has 0 saturated carbocycles. The summed E-state index contributed by atoms with van der Waals surface area (Å²) >= 11 is 0. The van der Waals surface area contributed by atoms with Crippen LogP contribution in [0, 0.1) is 12.3 Å². The Bertz CT molecular complexity index is 474. The van der Waals surface area contributed by atoms with Crippen LogP contribution < -0.4 is 0 Å². The second kappa shape index (κ2) is 6.76. The molecule has 0 bridgehead atoms. The highest BCUT2D eigenvalue weighted by Crippen LogP contribution is 2.37. The summed E-state index contributed by atoms with van der Waals surface area (Å²) in [5, 5.41) is 8.16. The lowest BCUT2D eigenvalue weighted by atomic mass is 10.0. The predicted octanol–water partition coefficient (Wildman–Crippen LogP) is 1.75. The third-order valence-corrected chi connectivity index (χ3v) is 4.62. The number of hydrogen-bond acceptors (Lipinski definition) is 5. The zero-order valence-corrected chi connectivity index (χ0v) is 12.9. The molecule has 2 saturated heterocycles. The first-order valence-corrected chi connectivity index (χ1v) is 8.11. The number of hydrogen-bond donors (Lipinski definition) is 0. The van der Waals surface area contributed by atoms with Gasteiger partial charge < -0.3 is 14.4 Å². The van der Waals surface area contributed by atoms with Crippen molar-refractivity contribution in [2.75, 3.05) is 26.3 Å². The monoisotopic (exact) mass is 305 g/mol. The van der Waals surface area contributed by atoms with E-state index in [0.717, 1.165) is 25.9 Å². The Kier molecular flexibility index (Phi) is 4.74. The average molecular weight is 305 g/mol. The van der Waals surface area contributed by atoms with Crippen LogP contribution in [0.2, 0.25) is 0 Å². The quantitative estimate of drug-likeness (QED) is 0.702. The van der Waals surface area contributed by atoms with Crippen molar-refractivity contribution in [3.05, 3.63) is 0 Å². The van der Waals surface area contributed by atoms with Gasteiger partial charge in [0.15, 0.2) is 5.66 Å². The van der Waals surface area contributed by atoms with Gasteiger partial charge in [-0.05, 0) is 12.8 Å². The molecule has 0 spiro atoms. The topological polar surface area (TPSA) is 63.5 Å². The fourth-order valence-electron chi connectivity index (χ4n) is 3.16. The molecule has 3 heterocycles. The summed E-state index contributed by atoms with van der Waals surface area (Å²) in [7, 11) is 0. The van der Waals surface area contributed by atoms with E-state index in [1.807, 2.05) is 4.90 Å².